The number of hydrogen-bond donors (Lipinski definition) is 0. The number of amides is 1. The van der Waals surface area contributed by atoms with Gasteiger partial charge in [-0.3, -0.25) is 4.90 Å². The van der Waals surface area contributed by atoms with Crippen molar-refractivity contribution in [3.63, 3.8) is 0 Å². The summed E-state index contributed by atoms with van der Waals surface area (Å²) in [5, 5.41) is 0. The normalized spacial score (nSPS) is 34.3. The standard InChI is InChI=1S/C18H31NO4/c1-12-9-7-8-10-13(12)15-14(11-20)22-18(5,6)19(15)16(21)23-17(2,3)4/h11-15H,7-10H2,1-6H3. The molecule has 1 heterocycles. The highest BCUT2D eigenvalue weighted by molar-refractivity contribution is 5.72. The minimum atomic E-state index is -0.838. The smallest absolute Gasteiger partial charge is 0.412 e. The molecule has 1 aliphatic heterocycles. The monoisotopic (exact) mass is 325 g/mol. The maximum atomic E-state index is 12.8. The summed E-state index contributed by atoms with van der Waals surface area (Å²) in [4.78, 5) is 26.1. The Labute approximate surface area is 139 Å². The van der Waals surface area contributed by atoms with E-state index >= 15 is 0 Å². The van der Waals surface area contributed by atoms with Crippen LogP contribution in [0.25, 0.3) is 0 Å². The van der Waals surface area contributed by atoms with Crippen molar-refractivity contribution in [2.45, 2.75) is 90.7 Å². The van der Waals surface area contributed by atoms with E-state index in [9.17, 15) is 9.59 Å². The molecule has 5 nitrogen and oxygen atoms in total. The second kappa shape index (κ2) is 6.42. The maximum absolute atomic E-state index is 12.8. The van der Waals surface area contributed by atoms with Gasteiger partial charge >= 0.3 is 6.09 Å². The summed E-state index contributed by atoms with van der Waals surface area (Å²) in [5.41, 5.74) is -1.41. The number of ether oxygens (including phenoxy) is 2. The molecule has 0 N–H and O–H groups in total. The molecule has 1 amide bonds. The number of carbonyl (C=O) groups is 2. The first-order valence-corrected chi connectivity index (χ1v) is 8.72. The first kappa shape index (κ1) is 18.2. The summed E-state index contributed by atoms with van der Waals surface area (Å²) in [5.74, 6) is 0.742. The van der Waals surface area contributed by atoms with Crippen molar-refractivity contribution in [2.24, 2.45) is 11.8 Å². The number of rotatable bonds is 2. The van der Waals surface area contributed by atoms with Gasteiger partial charge in [0.2, 0.25) is 0 Å². The van der Waals surface area contributed by atoms with Crippen LogP contribution in [-0.2, 0) is 14.3 Å². The summed E-state index contributed by atoms with van der Waals surface area (Å²) in [7, 11) is 0. The molecule has 0 bridgehead atoms. The van der Waals surface area contributed by atoms with Gasteiger partial charge in [0.05, 0.1) is 6.04 Å². The Bertz CT molecular complexity index is 454. The van der Waals surface area contributed by atoms with Gasteiger partial charge < -0.3 is 14.3 Å². The van der Waals surface area contributed by atoms with Crippen LogP contribution in [0.2, 0.25) is 0 Å². The van der Waals surface area contributed by atoms with Crippen LogP contribution < -0.4 is 0 Å². The van der Waals surface area contributed by atoms with Crippen molar-refractivity contribution in [1.82, 2.24) is 4.90 Å². The van der Waals surface area contributed by atoms with Crippen molar-refractivity contribution in [1.29, 1.82) is 0 Å². The molecule has 0 spiro atoms. The predicted octanol–water partition coefficient (Wildman–Crippen LogP) is 3.75. The first-order valence-electron chi connectivity index (χ1n) is 8.72. The van der Waals surface area contributed by atoms with Gasteiger partial charge in [0, 0.05) is 0 Å². The third-order valence-corrected chi connectivity index (χ3v) is 4.98. The van der Waals surface area contributed by atoms with Gasteiger partial charge in [-0.05, 0) is 52.9 Å². The summed E-state index contributed by atoms with van der Waals surface area (Å²) in [6.07, 6.45) is 4.38. The summed E-state index contributed by atoms with van der Waals surface area (Å²) in [6.45, 7) is 11.4. The van der Waals surface area contributed by atoms with Crippen LogP contribution in [-0.4, -0.2) is 40.8 Å². The van der Waals surface area contributed by atoms with Crippen LogP contribution in [0.3, 0.4) is 0 Å². The molecule has 23 heavy (non-hydrogen) atoms. The van der Waals surface area contributed by atoms with Gasteiger partial charge in [-0.15, -0.1) is 0 Å². The molecule has 0 radical (unpaired) electrons. The van der Waals surface area contributed by atoms with Crippen molar-refractivity contribution < 1.29 is 19.1 Å². The van der Waals surface area contributed by atoms with E-state index in [4.69, 9.17) is 9.47 Å². The quantitative estimate of drug-likeness (QED) is 0.726. The Hall–Kier alpha value is -1.10. The zero-order valence-corrected chi connectivity index (χ0v) is 15.3. The minimum absolute atomic E-state index is 0.243. The Morgan fingerprint density at radius 2 is 1.87 bits per heavy atom. The lowest BCUT2D eigenvalue weighted by Crippen LogP contribution is -2.54. The fraction of sp³-hybridized carbons (Fsp3) is 0.889. The average Bonchev–Trinajstić information content (AvgIpc) is 2.68. The van der Waals surface area contributed by atoms with E-state index in [0.29, 0.717) is 5.92 Å². The molecule has 1 saturated carbocycles. The average molecular weight is 325 g/mol. The van der Waals surface area contributed by atoms with E-state index in [0.717, 1.165) is 25.5 Å². The lowest BCUT2D eigenvalue weighted by atomic mass is 9.74. The molecule has 1 aliphatic carbocycles. The molecule has 0 aromatic carbocycles. The fourth-order valence-corrected chi connectivity index (χ4v) is 4.01. The highest BCUT2D eigenvalue weighted by atomic mass is 16.6. The zero-order valence-electron chi connectivity index (χ0n) is 15.3. The molecule has 2 rings (SSSR count). The largest absolute Gasteiger partial charge is 0.444 e. The van der Waals surface area contributed by atoms with Gasteiger partial charge in [0.25, 0.3) is 0 Å². The van der Waals surface area contributed by atoms with E-state index in [-0.39, 0.29) is 12.0 Å². The summed E-state index contributed by atoms with van der Waals surface area (Å²) >= 11 is 0. The number of aldehydes is 1. The van der Waals surface area contributed by atoms with Gasteiger partial charge in [0.15, 0.2) is 6.29 Å². The van der Waals surface area contributed by atoms with Crippen molar-refractivity contribution in [2.75, 3.05) is 0 Å². The number of carbonyl (C=O) groups excluding carboxylic acids is 2. The summed E-state index contributed by atoms with van der Waals surface area (Å²) < 4.78 is 11.5. The predicted molar refractivity (Wildman–Crippen MR) is 88.0 cm³/mol. The second-order valence-electron chi connectivity index (χ2n) is 8.43. The molecule has 2 aliphatic rings. The van der Waals surface area contributed by atoms with Crippen LogP contribution in [0.4, 0.5) is 4.79 Å². The molecule has 132 valence electrons. The van der Waals surface area contributed by atoms with E-state index in [1.807, 2.05) is 34.6 Å². The Morgan fingerprint density at radius 3 is 2.39 bits per heavy atom. The van der Waals surface area contributed by atoms with Gasteiger partial charge in [0.1, 0.15) is 17.4 Å². The molecule has 0 aromatic rings. The van der Waals surface area contributed by atoms with Crippen LogP contribution in [0.15, 0.2) is 0 Å². The Balaban J connectivity index is 2.33. The number of nitrogens with zero attached hydrogens (tertiary/aromatic N) is 1. The van der Waals surface area contributed by atoms with Gasteiger partial charge in [-0.1, -0.05) is 26.2 Å². The maximum Gasteiger partial charge on any atom is 0.412 e. The topological polar surface area (TPSA) is 55.8 Å². The molecular weight excluding hydrogens is 294 g/mol. The summed E-state index contributed by atoms with van der Waals surface area (Å²) in [6, 6.07) is -0.243. The van der Waals surface area contributed by atoms with E-state index in [2.05, 4.69) is 6.92 Å². The van der Waals surface area contributed by atoms with Crippen LogP contribution in [0.5, 0.6) is 0 Å². The van der Waals surface area contributed by atoms with Crippen molar-refractivity contribution in [3.05, 3.63) is 0 Å². The Kier molecular flexibility index (Phi) is 5.09. The zero-order chi connectivity index (χ0) is 17.4. The highest BCUT2D eigenvalue weighted by Gasteiger charge is 2.54. The fourth-order valence-electron chi connectivity index (χ4n) is 4.01. The second-order valence-corrected chi connectivity index (χ2v) is 8.43. The molecule has 5 heteroatoms. The van der Waals surface area contributed by atoms with E-state index in [1.165, 1.54) is 6.42 Å². The van der Waals surface area contributed by atoms with E-state index < -0.39 is 23.5 Å². The number of hydrogen-bond acceptors (Lipinski definition) is 4. The lowest BCUT2D eigenvalue weighted by Gasteiger charge is -2.41. The van der Waals surface area contributed by atoms with Crippen molar-refractivity contribution in [3.8, 4) is 0 Å². The van der Waals surface area contributed by atoms with Gasteiger partial charge in [-0.2, -0.15) is 0 Å². The first-order chi connectivity index (χ1) is 10.6. The minimum Gasteiger partial charge on any atom is -0.444 e. The van der Waals surface area contributed by atoms with Crippen LogP contribution >= 0.6 is 0 Å². The third-order valence-electron chi connectivity index (χ3n) is 4.98. The van der Waals surface area contributed by atoms with E-state index in [1.54, 1.807) is 4.90 Å². The SMILES string of the molecule is CC1CCCCC1C1C(C=O)OC(C)(C)N1C(=O)OC(C)(C)C. The third kappa shape index (κ3) is 3.87. The molecular formula is C18H31NO4. The van der Waals surface area contributed by atoms with Crippen molar-refractivity contribution >= 4 is 12.4 Å². The molecule has 2 fully saturated rings. The van der Waals surface area contributed by atoms with Crippen LogP contribution in [0, 0.1) is 11.8 Å². The van der Waals surface area contributed by atoms with Crippen LogP contribution in [0.1, 0.15) is 67.2 Å². The molecule has 1 saturated heterocycles. The molecule has 4 unspecified atom stereocenters. The Morgan fingerprint density at radius 1 is 1.26 bits per heavy atom. The van der Waals surface area contributed by atoms with Gasteiger partial charge in [-0.25, -0.2) is 4.79 Å². The highest BCUT2D eigenvalue weighted by Crippen LogP contribution is 2.43. The molecule has 4 atom stereocenters. The molecule has 0 aromatic heterocycles. The lowest BCUT2D eigenvalue weighted by molar-refractivity contribution is -0.124.